The van der Waals surface area contributed by atoms with Gasteiger partial charge in [-0.1, -0.05) is 19.3 Å². The van der Waals surface area contributed by atoms with Gasteiger partial charge in [0.1, 0.15) is 11.4 Å². The second kappa shape index (κ2) is 10.6. The number of carbonyl (C=O) groups is 2. The van der Waals surface area contributed by atoms with Crippen molar-refractivity contribution in [2.45, 2.75) is 56.6 Å². The Balaban J connectivity index is 1.46. The van der Waals surface area contributed by atoms with Crippen molar-refractivity contribution < 1.29 is 22.8 Å². The highest BCUT2D eigenvalue weighted by Crippen LogP contribution is 2.29. The minimum Gasteiger partial charge on any atom is -0.365 e. The first-order valence-electron chi connectivity index (χ1n) is 10.6. The van der Waals surface area contributed by atoms with E-state index in [1.807, 2.05) is 11.3 Å². The van der Waals surface area contributed by atoms with Gasteiger partial charge in [-0.3, -0.25) is 9.59 Å². The number of amides is 2. The van der Waals surface area contributed by atoms with Crippen molar-refractivity contribution in [3.63, 3.8) is 0 Å². The third kappa shape index (κ3) is 5.71. The molecule has 2 fully saturated rings. The van der Waals surface area contributed by atoms with E-state index in [1.165, 1.54) is 32.1 Å². The molecule has 0 bridgehead atoms. The molecule has 1 radical (unpaired) electrons. The Kier molecular flexibility index (Phi) is 8.08. The molecular formula is C22H28F3N2O2S. The van der Waals surface area contributed by atoms with Gasteiger partial charge in [0.05, 0.1) is 5.75 Å². The lowest BCUT2D eigenvalue weighted by atomic mass is 9.90. The van der Waals surface area contributed by atoms with Crippen LogP contribution >= 0.6 is 11.8 Å². The number of halogens is 3. The SMILES string of the molecule is NC(=O)c1c(F)c(F)cc(C[CH]C2CCN(C(=O)CSC3CCCCC3)CC2)c1F. The summed E-state index contributed by atoms with van der Waals surface area (Å²) in [4.78, 5) is 25.6. The van der Waals surface area contributed by atoms with E-state index in [4.69, 9.17) is 5.73 Å². The van der Waals surface area contributed by atoms with Gasteiger partial charge in [-0.05, 0) is 56.1 Å². The first-order valence-corrected chi connectivity index (χ1v) is 11.6. The van der Waals surface area contributed by atoms with E-state index >= 15 is 0 Å². The summed E-state index contributed by atoms with van der Waals surface area (Å²) >= 11 is 1.77. The third-order valence-corrected chi connectivity index (χ3v) is 7.39. The molecule has 1 aromatic rings. The molecule has 2 N–H and O–H groups in total. The van der Waals surface area contributed by atoms with Gasteiger partial charge in [0, 0.05) is 18.3 Å². The second-order valence-corrected chi connectivity index (χ2v) is 9.40. The standard InChI is InChI=1S/C22H28F3N2O2S/c23-17-12-15(20(24)19(21(17)25)22(26)29)7-6-14-8-10-27(11-9-14)18(28)13-30-16-4-2-1-3-5-16/h6,12,14,16H,1-5,7-11,13H2,(H2,26,29). The summed E-state index contributed by atoms with van der Waals surface area (Å²) in [6, 6.07) is 0.773. The van der Waals surface area contributed by atoms with Crippen LogP contribution in [0.2, 0.25) is 0 Å². The van der Waals surface area contributed by atoms with Crippen LogP contribution in [0.3, 0.4) is 0 Å². The summed E-state index contributed by atoms with van der Waals surface area (Å²) in [5.74, 6) is -4.44. The highest BCUT2D eigenvalue weighted by molar-refractivity contribution is 8.00. The fraction of sp³-hybridized carbons (Fsp3) is 0.591. The Morgan fingerprint density at radius 1 is 1.07 bits per heavy atom. The lowest BCUT2D eigenvalue weighted by Crippen LogP contribution is -2.40. The quantitative estimate of drug-likeness (QED) is 0.644. The molecule has 2 amide bonds. The van der Waals surface area contributed by atoms with Gasteiger partial charge in [0.15, 0.2) is 11.6 Å². The highest BCUT2D eigenvalue weighted by Gasteiger charge is 2.26. The predicted molar refractivity (Wildman–Crippen MR) is 111 cm³/mol. The Morgan fingerprint density at radius 2 is 1.73 bits per heavy atom. The average molecular weight is 442 g/mol. The maximum atomic E-state index is 14.3. The minimum absolute atomic E-state index is 0.0689. The van der Waals surface area contributed by atoms with Crippen molar-refractivity contribution in [2.24, 2.45) is 11.7 Å². The van der Waals surface area contributed by atoms with Crippen LogP contribution < -0.4 is 5.73 Å². The van der Waals surface area contributed by atoms with E-state index in [-0.39, 0.29) is 23.8 Å². The molecule has 1 heterocycles. The highest BCUT2D eigenvalue weighted by atomic mass is 32.2. The molecule has 4 nitrogen and oxygen atoms in total. The lowest BCUT2D eigenvalue weighted by Gasteiger charge is -2.32. The monoisotopic (exact) mass is 441 g/mol. The second-order valence-electron chi connectivity index (χ2n) is 8.11. The van der Waals surface area contributed by atoms with Gasteiger partial charge in [-0.2, -0.15) is 0 Å². The molecule has 1 saturated carbocycles. The van der Waals surface area contributed by atoms with Crippen LogP contribution in [0.15, 0.2) is 6.07 Å². The zero-order valence-corrected chi connectivity index (χ0v) is 17.8. The van der Waals surface area contributed by atoms with Crippen LogP contribution in [-0.2, 0) is 11.2 Å². The number of nitrogens with zero attached hydrogens (tertiary/aromatic N) is 1. The summed E-state index contributed by atoms with van der Waals surface area (Å²) in [5.41, 5.74) is 3.85. The summed E-state index contributed by atoms with van der Waals surface area (Å²) in [6.45, 7) is 1.27. The van der Waals surface area contributed by atoms with Crippen LogP contribution in [-0.4, -0.2) is 40.8 Å². The van der Waals surface area contributed by atoms with Crippen molar-refractivity contribution in [2.75, 3.05) is 18.8 Å². The van der Waals surface area contributed by atoms with E-state index in [0.717, 1.165) is 18.9 Å². The summed E-state index contributed by atoms with van der Waals surface area (Å²) in [5, 5.41) is 0.602. The maximum absolute atomic E-state index is 14.3. The molecule has 1 aliphatic carbocycles. The van der Waals surface area contributed by atoms with Gasteiger partial charge < -0.3 is 10.6 Å². The number of rotatable bonds is 7. The zero-order valence-electron chi connectivity index (χ0n) is 17.0. The molecule has 2 aliphatic rings. The van der Waals surface area contributed by atoms with E-state index in [9.17, 15) is 22.8 Å². The van der Waals surface area contributed by atoms with Crippen molar-refractivity contribution >= 4 is 23.6 Å². The fourth-order valence-electron chi connectivity index (χ4n) is 4.21. The number of nitrogens with two attached hydrogens (primary N) is 1. The normalized spacial score (nSPS) is 18.6. The Labute approximate surface area is 179 Å². The maximum Gasteiger partial charge on any atom is 0.254 e. The number of carbonyl (C=O) groups excluding carboxylic acids is 2. The van der Waals surface area contributed by atoms with Crippen LogP contribution in [0.4, 0.5) is 13.2 Å². The Bertz CT molecular complexity index is 776. The molecule has 0 atom stereocenters. The van der Waals surface area contributed by atoms with Crippen molar-refractivity contribution in [3.8, 4) is 0 Å². The van der Waals surface area contributed by atoms with Crippen LogP contribution in [0.1, 0.15) is 60.9 Å². The van der Waals surface area contributed by atoms with Gasteiger partial charge >= 0.3 is 0 Å². The molecule has 0 unspecified atom stereocenters. The van der Waals surface area contributed by atoms with Gasteiger partial charge in [-0.25, -0.2) is 13.2 Å². The van der Waals surface area contributed by atoms with Crippen LogP contribution in [0.5, 0.6) is 0 Å². The van der Waals surface area contributed by atoms with Crippen molar-refractivity contribution in [1.29, 1.82) is 0 Å². The molecule has 0 aromatic heterocycles. The number of piperidine rings is 1. The van der Waals surface area contributed by atoms with E-state index in [1.54, 1.807) is 11.8 Å². The molecule has 0 spiro atoms. The minimum atomic E-state index is -1.55. The summed E-state index contributed by atoms with van der Waals surface area (Å²) in [6.07, 6.45) is 9.62. The Hall–Kier alpha value is -1.70. The van der Waals surface area contributed by atoms with E-state index < -0.39 is 28.9 Å². The number of likely N-dealkylation sites (tertiary alicyclic amines) is 1. The van der Waals surface area contributed by atoms with E-state index in [0.29, 0.717) is 24.1 Å². The molecule has 165 valence electrons. The smallest absolute Gasteiger partial charge is 0.254 e. The largest absolute Gasteiger partial charge is 0.365 e. The first-order chi connectivity index (χ1) is 14.4. The number of hydrogen-bond donors (Lipinski definition) is 1. The van der Waals surface area contributed by atoms with Gasteiger partial charge in [0.2, 0.25) is 5.91 Å². The molecule has 1 saturated heterocycles. The summed E-state index contributed by atoms with van der Waals surface area (Å²) in [7, 11) is 0. The van der Waals surface area contributed by atoms with Crippen molar-refractivity contribution in [3.05, 3.63) is 41.1 Å². The molecule has 1 aliphatic heterocycles. The van der Waals surface area contributed by atoms with Crippen molar-refractivity contribution in [1.82, 2.24) is 4.90 Å². The molecule has 8 heteroatoms. The molecule has 30 heavy (non-hydrogen) atoms. The summed E-state index contributed by atoms with van der Waals surface area (Å²) < 4.78 is 41.6. The van der Waals surface area contributed by atoms with Gasteiger partial charge in [-0.15, -0.1) is 11.8 Å². The molecule has 1 aromatic carbocycles. The van der Waals surface area contributed by atoms with Crippen LogP contribution in [0, 0.1) is 29.8 Å². The van der Waals surface area contributed by atoms with Gasteiger partial charge in [0.25, 0.3) is 5.91 Å². The Morgan fingerprint density at radius 3 is 2.37 bits per heavy atom. The molecule has 3 rings (SSSR count). The lowest BCUT2D eigenvalue weighted by molar-refractivity contribution is -0.129. The first kappa shape index (κ1) is 23.0. The third-order valence-electron chi connectivity index (χ3n) is 6.04. The average Bonchev–Trinajstić information content (AvgIpc) is 2.74. The zero-order chi connectivity index (χ0) is 21.7. The molecular weight excluding hydrogens is 413 g/mol. The number of benzene rings is 1. The predicted octanol–water partition coefficient (Wildman–Crippen LogP) is 4.25. The fourth-order valence-corrected chi connectivity index (χ4v) is 5.44. The number of primary amides is 1. The van der Waals surface area contributed by atoms with E-state index in [2.05, 4.69) is 0 Å². The van der Waals surface area contributed by atoms with Crippen LogP contribution in [0.25, 0.3) is 0 Å². The topological polar surface area (TPSA) is 63.4 Å². The number of hydrogen-bond acceptors (Lipinski definition) is 3. The number of thioether (sulfide) groups is 1.